The van der Waals surface area contributed by atoms with Crippen molar-refractivity contribution >= 4 is 11.4 Å². The Hall–Kier alpha value is -1.80. The third-order valence-electron chi connectivity index (χ3n) is 3.33. The van der Waals surface area contributed by atoms with Crippen molar-refractivity contribution in [2.45, 2.75) is 6.43 Å². The van der Waals surface area contributed by atoms with Crippen LogP contribution in [-0.4, -0.2) is 49.2 Å². The number of benzene rings is 1. The normalized spacial score (nSPS) is 16.1. The van der Waals surface area contributed by atoms with Crippen molar-refractivity contribution in [3.63, 3.8) is 0 Å². The number of nitro benzene ring substituents is 1. The highest BCUT2D eigenvalue weighted by Gasteiger charge is 2.18. The minimum atomic E-state index is -2.75. The van der Waals surface area contributed by atoms with Crippen LogP contribution in [0, 0.1) is 10.1 Å². The molecule has 6 nitrogen and oxygen atoms in total. The van der Waals surface area contributed by atoms with Gasteiger partial charge in [-0.3, -0.25) is 15.0 Å². The Bertz CT molecular complexity index is 494. The fourth-order valence-electron chi connectivity index (χ4n) is 2.18. The lowest BCUT2D eigenvalue weighted by molar-refractivity contribution is -0.385. The Morgan fingerprint density at radius 2 is 2.10 bits per heavy atom. The van der Waals surface area contributed by atoms with Gasteiger partial charge in [-0.05, 0) is 6.07 Å². The van der Waals surface area contributed by atoms with E-state index in [0.29, 0.717) is 26.3 Å². The van der Waals surface area contributed by atoms with Crippen molar-refractivity contribution in [2.75, 3.05) is 44.7 Å². The lowest BCUT2D eigenvalue weighted by Gasteiger charge is -2.26. The number of nitro groups is 1. The maximum Gasteiger partial charge on any atom is 0.270 e. The third-order valence-corrected chi connectivity index (χ3v) is 3.33. The first-order valence-electron chi connectivity index (χ1n) is 6.68. The molecule has 1 aromatic rings. The summed E-state index contributed by atoms with van der Waals surface area (Å²) in [6.45, 7) is 4.22. The van der Waals surface area contributed by atoms with Crippen LogP contribution >= 0.6 is 0 Å². The molecule has 1 saturated heterocycles. The molecule has 2 rings (SSSR count). The number of halogens is 2. The highest BCUT2D eigenvalue weighted by molar-refractivity contribution is 5.56. The van der Waals surface area contributed by atoms with E-state index in [-0.39, 0.29) is 16.9 Å². The Kier molecular flexibility index (Phi) is 5.40. The van der Waals surface area contributed by atoms with Crippen LogP contribution in [0.3, 0.4) is 0 Å². The van der Waals surface area contributed by atoms with E-state index >= 15 is 0 Å². The highest BCUT2D eigenvalue weighted by Crippen LogP contribution is 2.30. The second kappa shape index (κ2) is 7.28. The van der Waals surface area contributed by atoms with E-state index in [0.717, 1.165) is 19.2 Å². The third kappa shape index (κ3) is 4.33. The number of non-ortho nitro benzene ring substituents is 1. The summed E-state index contributed by atoms with van der Waals surface area (Å²) in [5.41, 5.74) is -0.431. The van der Waals surface area contributed by atoms with Gasteiger partial charge >= 0.3 is 0 Å². The van der Waals surface area contributed by atoms with E-state index in [1.54, 1.807) is 0 Å². The van der Waals surface area contributed by atoms with Gasteiger partial charge in [0.2, 0.25) is 0 Å². The van der Waals surface area contributed by atoms with Crippen LogP contribution in [0.2, 0.25) is 0 Å². The number of alkyl halides is 2. The van der Waals surface area contributed by atoms with Crippen LogP contribution in [0.15, 0.2) is 18.2 Å². The molecular weight excluding hydrogens is 284 g/mol. The fraction of sp³-hybridized carbons (Fsp3) is 0.538. The maximum atomic E-state index is 13.0. The van der Waals surface area contributed by atoms with Crippen molar-refractivity contribution in [1.82, 2.24) is 4.90 Å². The number of hydrogen-bond acceptors (Lipinski definition) is 5. The number of nitrogens with one attached hydrogen (secondary N) is 1. The first kappa shape index (κ1) is 15.6. The lowest BCUT2D eigenvalue weighted by atomic mass is 10.1. The lowest BCUT2D eigenvalue weighted by Crippen LogP contribution is -2.39. The number of rotatable bonds is 6. The number of ether oxygens (including phenoxy) is 1. The zero-order valence-electron chi connectivity index (χ0n) is 11.4. The minimum Gasteiger partial charge on any atom is -0.383 e. The molecule has 1 heterocycles. The summed E-state index contributed by atoms with van der Waals surface area (Å²) in [6, 6.07) is 3.48. The van der Waals surface area contributed by atoms with Crippen LogP contribution in [0.5, 0.6) is 0 Å². The van der Waals surface area contributed by atoms with Gasteiger partial charge in [-0.2, -0.15) is 0 Å². The molecule has 0 radical (unpaired) electrons. The van der Waals surface area contributed by atoms with E-state index in [1.807, 2.05) is 0 Å². The van der Waals surface area contributed by atoms with E-state index in [1.165, 1.54) is 12.1 Å². The van der Waals surface area contributed by atoms with Crippen LogP contribution < -0.4 is 5.32 Å². The molecule has 8 heteroatoms. The summed E-state index contributed by atoms with van der Waals surface area (Å²) in [4.78, 5) is 12.1. The Labute approximate surface area is 120 Å². The van der Waals surface area contributed by atoms with Gasteiger partial charge in [-0.1, -0.05) is 0 Å². The maximum absolute atomic E-state index is 13.0. The molecule has 0 aliphatic carbocycles. The molecule has 0 unspecified atom stereocenters. The van der Waals surface area contributed by atoms with Crippen molar-refractivity contribution in [2.24, 2.45) is 0 Å². The predicted molar refractivity (Wildman–Crippen MR) is 73.8 cm³/mol. The summed E-state index contributed by atoms with van der Waals surface area (Å²) < 4.78 is 31.2. The predicted octanol–water partition coefficient (Wildman–Crippen LogP) is 2.28. The van der Waals surface area contributed by atoms with Crippen molar-refractivity contribution in [3.8, 4) is 0 Å². The van der Waals surface area contributed by atoms with Gasteiger partial charge in [0.25, 0.3) is 12.1 Å². The van der Waals surface area contributed by atoms with Gasteiger partial charge in [0.05, 0.1) is 18.1 Å². The van der Waals surface area contributed by atoms with Gasteiger partial charge in [-0.15, -0.1) is 0 Å². The van der Waals surface area contributed by atoms with Crippen LogP contribution in [0.25, 0.3) is 0 Å². The molecule has 0 spiro atoms. The molecule has 1 aromatic carbocycles. The highest BCUT2D eigenvalue weighted by atomic mass is 19.3. The summed E-state index contributed by atoms with van der Waals surface area (Å²) >= 11 is 0. The van der Waals surface area contributed by atoms with Crippen molar-refractivity contribution in [3.05, 3.63) is 33.9 Å². The summed E-state index contributed by atoms with van der Waals surface area (Å²) in [7, 11) is 0. The SMILES string of the molecule is O=[N+]([O-])c1ccc(NCCN2CCOCC2)c(C(F)F)c1. The zero-order chi connectivity index (χ0) is 15.2. The van der Waals surface area contributed by atoms with Crippen LogP contribution in [0.4, 0.5) is 20.2 Å². The summed E-state index contributed by atoms with van der Waals surface area (Å²) in [5, 5.41) is 13.6. The monoisotopic (exact) mass is 301 g/mol. The molecule has 21 heavy (non-hydrogen) atoms. The fourth-order valence-corrected chi connectivity index (χ4v) is 2.18. The van der Waals surface area contributed by atoms with Gasteiger partial charge in [-0.25, -0.2) is 8.78 Å². The molecule has 0 bridgehead atoms. The molecule has 0 amide bonds. The Morgan fingerprint density at radius 1 is 1.38 bits per heavy atom. The largest absolute Gasteiger partial charge is 0.383 e. The standard InChI is InChI=1S/C13H17F2N3O3/c14-13(15)11-9-10(18(19)20)1-2-12(11)16-3-4-17-5-7-21-8-6-17/h1-2,9,13,16H,3-8H2. The second-order valence-electron chi connectivity index (χ2n) is 4.71. The number of anilines is 1. The smallest absolute Gasteiger partial charge is 0.270 e. The molecule has 0 aromatic heterocycles. The summed E-state index contributed by atoms with van der Waals surface area (Å²) in [6.07, 6.45) is -2.75. The van der Waals surface area contributed by atoms with Gasteiger partial charge in [0.1, 0.15) is 0 Å². The van der Waals surface area contributed by atoms with Gasteiger partial charge < -0.3 is 10.1 Å². The first-order valence-corrected chi connectivity index (χ1v) is 6.68. The van der Waals surface area contributed by atoms with Crippen molar-refractivity contribution in [1.29, 1.82) is 0 Å². The van der Waals surface area contributed by atoms with Crippen LogP contribution in [0.1, 0.15) is 12.0 Å². The average Bonchev–Trinajstić information content (AvgIpc) is 2.48. The van der Waals surface area contributed by atoms with Crippen LogP contribution in [-0.2, 0) is 4.74 Å². The topological polar surface area (TPSA) is 67.6 Å². The Balaban J connectivity index is 1.96. The van der Waals surface area contributed by atoms with E-state index in [2.05, 4.69) is 10.2 Å². The zero-order valence-corrected chi connectivity index (χ0v) is 11.4. The Morgan fingerprint density at radius 3 is 2.71 bits per heavy atom. The molecule has 0 atom stereocenters. The molecule has 0 saturated carbocycles. The van der Waals surface area contributed by atoms with Gasteiger partial charge in [0.15, 0.2) is 0 Å². The molecular formula is C13H17F2N3O3. The first-order chi connectivity index (χ1) is 10.1. The molecule has 1 N–H and O–H groups in total. The minimum absolute atomic E-state index is 0.240. The molecule has 1 aliphatic heterocycles. The molecule has 1 fully saturated rings. The average molecular weight is 301 g/mol. The van der Waals surface area contributed by atoms with E-state index in [4.69, 9.17) is 4.74 Å². The summed E-state index contributed by atoms with van der Waals surface area (Å²) in [5.74, 6) is 0. The van der Waals surface area contributed by atoms with E-state index in [9.17, 15) is 18.9 Å². The van der Waals surface area contributed by atoms with E-state index < -0.39 is 11.3 Å². The quantitative estimate of drug-likeness (QED) is 0.645. The van der Waals surface area contributed by atoms with Gasteiger partial charge in [0, 0.05) is 49.6 Å². The molecule has 1 aliphatic rings. The number of hydrogen-bond donors (Lipinski definition) is 1. The second-order valence-corrected chi connectivity index (χ2v) is 4.71. The van der Waals surface area contributed by atoms with Crippen molar-refractivity contribution < 1.29 is 18.4 Å². The number of nitrogens with zero attached hydrogens (tertiary/aromatic N) is 2. The molecule has 116 valence electrons. The number of morpholine rings is 1.